The third-order valence-electron chi connectivity index (χ3n) is 4.28. The van der Waals surface area contributed by atoms with Crippen molar-refractivity contribution < 1.29 is 13.2 Å². The van der Waals surface area contributed by atoms with Crippen LogP contribution in [0.1, 0.15) is 16.7 Å². The molecule has 0 bridgehead atoms. The van der Waals surface area contributed by atoms with Crippen molar-refractivity contribution in [1.29, 1.82) is 0 Å². The summed E-state index contributed by atoms with van der Waals surface area (Å²) in [5.41, 5.74) is 1.17. The van der Waals surface area contributed by atoms with Crippen molar-refractivity contribution in [2.45, 2.75) is 19.6 Å². The summed E-state index contributed by atoms with van der Waals surface area (Å²) < 4.78 is 41.3. The summed E-state index contributed by atoms with van der Waals surface area (Å²) in [7, 11) is 0. The number of hydrogen-bond acceptors (Lipinski definition) is 4. The molecule has 142 valence electrons. The average molecular weight is 385 g/mol. The normalized spacial score (nSPS) is 11.9. The van der Waals surface area contributed by atoms with Crippen LogP contribution in [-0.2, 0) is 12.7 Å². The van der Waals surface area contributed by atoms with Crippen LogP contribution < -0.4 is 5.56 Å². The molecule has 0 radical (unpaired) electrons. The van der Waals surface area contributed by atoms with Crippen LogP contribution in [0.3, 0.4) is 0 Å². The predicted molar refractivity (Wildman–Crippen MR) is 96.2 cm³/mol. The molecule has 2 aromatic carbocycles. The predicted octanol–water partition coefficient (Wildman–Crippen LogP) is 3.35. The number of nitrogens with zero attached hydrogens (tertiary/aromatic N) is 5. The minimum Gasteiger partial charge on any atom is -0.293 e. The standard InChI is InChI=1S/C19H14F3N5O/c1-12-4-2-7-15(8-12)27-17-16(24-25-27)18(28)26(11-23-17)10-13-5-3-6-14(9-13)19(20,21)22/h2-9,11H,10H2,1H3. The van der Waals surface area contributed by atoms with E-state index in [1.54, 1.807) is 0 Å². The maximum Gasteiger partial charge on any atom is 0.416 e. The summed E-state index contributed by atoms with van der Waals surface area (Å²) in [4.78, 5) is 17.0. The van der Waals surface area contributed by atoms with Gasteiger partial charge in [0.05, 0.1) is 17.8 Å². The molecule has 0 saturated carbocycles. The molecule has 28 heavy (non-hydrogen) atoms. The van der Waals surface area contributed by atoms with Crippen molar-refractivity contribution >= 4 is 11.2 Å². The van der Waals surface area contributed by atoms with Gasteiger partial charge in [-0.2, -0.15) is 17.9 Å². The monoisotopic (exact) mass is 385 g/mol. The van der Waals surface area contributed by atoms with Gasteiger partial charge in [0, 0.05) is 0 Å². The van der Waals surface area contributed by atoms with Gasteiger partial charge in [-0.1, -0.05) is 29.5 Å². The van der Waals surface area contributed by atoms with Crippen LogP contribution in [0.15, 0.2) is 59.7 Å². The minimum atomic E-state index is -4.44. The highest BCUT2D eigenvalue weighted by Crippen LogP contribution is 2.29. The number of halogens is 3. The van der Waals surface area contributed by atoms with Crippen LogP contribution in [0.25, 0.3) is 16.9 Å². The maximum absolute atomic E-state index is 12.9. The molecular formula is C19H14F3N5O. The van der Waals surface area contributed by atoms with Gasteiger partial charge < -0.3 is 0 Å². The van der Waals surface area contributed by atoms with Gasteiger partial charge in [-0.3, -0.25) is 9.36 Å². The van der Waals surface area contributed by atoms with E-state index in [2.05, 4.69) is 15.3 Å². The molecule has 2 heterocycles. The molecule has 0 spiro atoms. The van der Waals surface area contributed by atoms with Crippen LogP contribution >= 0.6 is 0 Å². The Balaban J connectivity index is 1.73. The van der Waals surface area contributed by atoms with Crippen LogP contribution in [0, 0.1) is 6.92 Å². The highest BCUT2D eigenvalue weighted by atomic mass is 19.4. The Morgan fingerprint density at radius 3 is 2.61 bits per heavy atom. The molecule has 4 rings (SSSR count). The molecule has 0 aliphatic heterocycles. The zero-order chi connectivity index (χ0) is 19.9. The van der Waals surface area contributed by atoms with E-state index in [4.69, 9.17) is 0 Å². The Morgan fingerprint density at radius 2 is 1.86 bits per heavy atom. The fourth-order valence-corrected chi connectivity index (χ4v) is 2.93. The number of rotatable bonds is 3. The molecule has 0 aliphatic carbocycles. The molecule has 0 N–H and O–H groups in total. The first-order chi connectivity index (χ1) is 13.3. The first-order valence-corrected chi connectivity index (χ1v) is 8.37. The second-order valence-corrected chi connectivity index (χ2v) is 6.39. The molecule has 9 heteroatoms. The van der Waals surface area contributed by atoms with Crippen molar-refractivity contribution in [3.05, 3.63) is 81.9 Å². The van der Waals surface area contributed by atoms with Gasteiger partial charge in [-0.15, -0.1) is 5.10 Å². The van der Waals surface area contributed by atoms with Crippen LogP contribution in [0.5, 0.6) is 0 Å². The molecule has 0 unspecified atom stereocenters. The first-order valence-electron chi connectivity index (χ1n) is 8.37. The third-order valence-corrected chi connectivity index (χ3v) is 4.28. The fourth-order valence-electron chi connectivity index (χ4n) is 2.93. The molecule has 4 aromatic rings. The summed E-state index contributed by atoms with van der Waals surface area (Å²) in [6, 6.07) is 12.3. The lowest BCUT2D eigenvalue weighted by molar-refractivity contribution is -0.137. The molecule has 0 amide bonds. The molecule has 0 atom stereocenters. The maximum atomic E-state index is 12.9. The topological polar surface area (TPSA) is 65.6 Å². The summed E-state index contributed by atoms with van der Waals surface area (Å²) >= 11 is 0. The summed E-state index contributed by atoms with van der Waals surface area (Å²) in [5.74, 6) is 0. The third kappa shape index (κ3) is 3.26. The summed E-state index contributed by atoms with van der Waals surface area (Å²) in [6.45, 7) is 1.88. The van der Waals surface area contributed by atoms with E-state index in [0.29, 0.717) is 11.3 Å². The van der Waals surface area contributed by atoms with E-state index in [0.717, 1.165) is 17.7 Å². The van der Waals surface area contributed by atoms with E-state index in [1.165, 1.54) is 27.7 Å². The number of benzene rings is 2. The van der Waals surface area contributed by atoms with Crippen molar-refractivity contribution in [2.75, 3.05) is 0 Å². The van der Waals surface area contributed by atoms with E-state index >= 15 is 0 Å². The van der Waals surface area contributed by atoms with Crippen molar-refractivity contribution in [2.24, 2.45) is 0 Å². The van der Waals surface area contributed by atoms with E-state index in [1.807, 2.05) is 31.2 Å². The Labute approximate surface area is 156 Å². The number of hydrogen-bond donors (Lipinski definition) is 0. The second-order valence-electron chi connectivity index (χ2n) is 6.39. The molecule has 0 fully saturated rings. The van der Waals surface area contributed by atoms with Gasteiger partial charge in [0.2, 0.25) is 0 Å². The lowest BCUT2D eigenvalue weighted by Crippen LogP contribution is -2.21. The van der Waals surface area contributed by atoms with Crippen LogP contribution in [0.2, 0.25) is 0 Å². The van der Waals surface area contributed by atoms with Gasteiger partial charge >= 0.3 is 6.18 Å². The lowest BCUT2D eigenvalue weighted by Gasteiger charge is -2.10. The number of aryl methyl sites for hydroxylation is 1. The van der Waals surface area contributed by atoms with Gasteiger partial charge in [-0.05, 0) is 42.3 Å². The first kappa shape index (κ1) is 17.9. The smallest absolute Gasteiger partial charge is 0.293 e. The SMILES string of the molecule is Cc1cccc(-n2nnc3c(=O)n(Cc4cccc(C(F)(F)F)c4)cnc32)c1. The quantitative estimate of drug-likeness (QED) is 0.543. The Kier molecular flexibility index (Phi) is 4.21. The number of aromatic nitrogens is 5. The van der Waals surface area contributed by atoms with E-state index < -0.39 is 17.3 Å². The largest absolute Gasteiger partial charge is 0.416 e. The Bertz CT molecular complexity index is 1230. The molecular weight excluding hydrogens is 371 g/mol. The molecule has 0 aliphatic rings. The van der Waals surface area contributed by atoms with E-state index in [-0.39, 0.29) is 17.7 Å². The molecule has 0 saturated heterocycles. The highest BCUT2D eigenvalue weighted by Gasteiger charge is 2.30. The van der Waals surface area contributed by atoms with Crippen molar-refractivity contribution in [3.8, 4) is 5.69 Å². The average Bonchev–Trinajstić information content (AvgIpc) is 3.08. The van der Waals surface area contributed by atoms with Crippen molar-refractivity contribution in [1.82, 2.24) is 24.5 Å². The molecule has 2 aromatic heterocycles. The van der Waals surface area contributed by atoms with Crippen LogP contribution in [0.4, 0.5) is 13.2 Å². The van der Waals surface area contributed by atoms with Gasteiger partial charge in [0.25, 0.3) is 5.56 Å². The lowest BCUT2D eigenvalue weighted by atomic mass is 10.1. The zero-order valence-corrected chi connectivity index (χ0v) is 14.7. The van der Waals surface area contributed by atoms with Gasteiger partial charge in [0.15, 0.2) is 11.2 Å². The summed E-state index contributed by atoms with van der Waals surface area (Å²) in [6.07, 6.45) is -3.15. The number of fused-ring (bicyclic) bond motifs is 1. The van der Waals surface area contributed by atoms with Crippen molar-refractivity contribution in [3.63, 3.8) is 0 Å². The second kappa shape index (κ2) is 6.59. The minimum absolute atomic E-state index is 0.0518. The highest BCUT2D eigenvalue weighted by molar-refractivity contribution is 5.70. The molecule has 6 nitrogen and oxygen atoms in total. The fraction of sp³-hybridized carbons (Fsp3) is 0.158. The van der Waals surface area contributed by atoms with Gasteiger partial charge in [-0.25, -0.2) is 4.98 Å². The Hall–Kier alpha value is -3.49. The van der Waals surface area contributed by atoms with E-state index in [9.17, 15) is 18.0 Å². The summed E-state index contributed by atoms with van der Waals surface area (Å²) in [5, 5.41) is 7.92. The zero-order valence-electron chi connectivity index (χ0n) is 14.7. The number of alkyl halides is 3. The Morgan fingerprint density at radius 1 is 1.07 bits per heavy atom. The van der Waals surface area contributed by atoms with Gasteiger partial charge in [0.1, 0.15) is 6.33 Å². The van der Waals surface area contributed by atoms with Crippen LogP contribution in [-0.4, -0.2) is 24.5 Å².